The standard InChI is InChI=1S/C40H41FN6O4/c1-4-24-9-5-10-25-11-6-12-28(31(24)25)33-32(41)34-29(19-42-33)36(44-39(43-34)50-22-40-15-7-17-46(40)18-8-16-40)45-20-26-13-14-27(21-45)47(26)37(48)35-30(23(2)3)38(49)51-35/h1,5-6,9-12,19,23,26-27,30,35H,7-8,13-18,20-22H2,2-3H3/t26-,27+,30-,35-/m0/s1. The molecule has 5 aliphatic rings. The maximum atomic E-state index is 17.0. The third kappa shape index (κ3) is 5.05. The Morgan fingerprint density at radius 2 is 1.82 bits per heavy atom. The molecule has 0 aliphatic carbocycles. The number of aromatic nitrogens is 3. The summed E-state index contributed by atoms with van der Waals surface area (Å²) < 4.78 is 28.9. The first kappa shape index (κ1) is 32.1. The first-order valence-corrected chi connectivity index (χ1v) is 18.3. The number of fused-ring (bicyclic) bond motifs is 5. The summed E-state index contributed by atoms with van der Waals surface area (Å²) in [5.41, 5.74) is 1.50. The van der Waals surface area contributed by atoms with E-state index in [1.165, 1.54) is 0 Å². The minimum Gasteiger partial charge on any atom is -0.461 e. The summed E-state index contributed by atoms with van der Waals surface area (Å²) in [6.07, 6.45) is 12.8. The molecule has 4 atom stereocenters. The molecule has 262 valence electrons. The number of carbonyl (C=O) groups is 2. The fourth-order valence-electron chi connectivity index (χ4n) is 9.57. The Balaban J connectivity index is 1.10. The molecule has 0 spiro atoms. The van der Waals surface area contributed by atoms with E-state index in [1.54, 1.807) is 6.20 Å². The third-order valence-electron chi connectivity index (χ3n) is 12.1. The van der Waals surface area contributed by atoms with Gasteiger partial charge in [0.1, 0.15) is 29.6 Å². The van der Waals surface area contributed by atoms with E-state index in [9.17, 15) is 9.59 Å². The van der Waals surface area contributed by atoms with Crippen molar-refractivity contribution in [1.82, 2.24) is 24.8 Å². The number of carbonyl (C=O) groups excluding carboxylic acids is 2. The zero-order chi connectivity index (χ0) is 35.0. The van der Waals surface area contributed by atoms with E-state index in [0.717, 1.165) is 62.4 Å². The Hall–Kier alpha value is -4.82. The lowest BCUT2D eigenvalue weighted by Gasteiger charge is -2.45. The van der Waals surface area contributed by atoms with Crippen LogP contribution in [-0.2, 0) is 14.3 Å². The minimum atomic E-state index is -0.738. The van der Waals surface area contributed by atoms with Crippen molar-refractivity contribution in [2.75, 3.05) is 37.7 Å². The predicted octanol–water partition coefficient (Wildman–Crippen LogP) is 5.35. The van der Waals surface area contributed by atoms with Gasteiger partial charge in [0.15, 0.2) is 11.9 Å². The molecule has 2 aromatic carbocycles. The van der Waals surface area contributed by atoms with Crippen LogP contribution in [0, 0.1) is 30.0 Å². The maximum Gasteiger partial charge on any atom is 0.319 e. The molecule has 0 N–H and O–H groups in total. The number of ether oxygens (including phenoxy) is 2. The highest BCUT2D eigenvalue weighted by molar-refractivity contribution is 6.02. The van der Waals surface area contributed by atoms with E-state index in [-0.39, 0.29) is 52.6 Å². The maximum absolute atomic E-state index is 17.0. The monoisotopic (exact) mass is 688 g/mol. The van der Waals surface area contributed by atoms with Crippen molar-refractivity contribution in [2.24, 2.45) is 11.8 Å². The number of terminal acetylenes is 1. The van der Waals surface area contributed by atoms with Crippen LogP contribution in [0.2, 0.25) is 0 Å². The first-order chi connectivity index (χ1) is 24.8. The van der Waals surface area contributed by atoms with E-state index in [0.29, 0.717) is 42.0 Å². The van der Waals surface area contributed by atoms with Gasteiger partial charge in [0, 0.05) is 47.9 Å². The molecule has 5 aliphatic heterocycles. The molecular formula is C40H41FN6O4. The van der Waals surface area contributed by atoms with Gasteiger partial charge in [-0.3, -0.25) is 19.5 Å². The van der Waals surface area contributed by atoms with Crippen LogP contribution in [0.5, 0.6) is 6.01 Å². The number of halogens is 1. The average molecular weight is 689 g/mol. The summed E-state index contributed by atoms with van der Waals surface area (Å²) in [4.78, 5) is 46.9. The van der Waals surface area contributed by atoms with Crippen LogP contribution < -0.4 is 9.64 Å². The minimum absolute atomic E-state index is 0.0179. The highest BCUT2D eigenvalue weighted by atomic mass is 19.1. The number of hydrogen-bond acceptors (Lipinski definition) is 9. The molecule has 0 radical (unpaired) electrons. The number of rotatable bonds is 7. The molecule has 2 aromatic heterocycles. The van der Waals surface area contributed by atoms with Gasteiger partial charge in [-0.2, -0.15) is 9.97 Å². The van der Waals surface area contributed by atoms with Crippen LogP contribution >= 0.6 is 0 Å². The Bertz CT molecular complexity index is 2100. The van der Waals surface area contributed by atoms with Gasteiger partial charge in [0.25, 0.3) is 5.91 Å². The van der Waals surface area contributed by atoms with Gasteiger partial charge >= 0.3 is 12.0 Å². The lowest BCUT2D eigenvalue weighted by Crippen LogP contribution is -2.63. The molecule has 0 unspecified atom stereocenters. The van der Waals surface area contributed by atoms with Crippen LogP contribution in [-0.4, -0.2) is 93.1 Å². The Kier molecular flexibility index (Phi) is 7.65. The van der Waals surface area contributed by atoms with Gasteiger partial charge in [0.05, 0.1) is 10.9 Å². The third-order valence-corrected chi connectivity index (χ3v) is 12.1. The molecule has 2 bridgehead atoms. The Labute approximate surface area is 296 Å². The second-order valence-corrected chi connectivity index (χ2v) is 15.2. The number of cyclic esters (lactones) is 1. The van der Waals surface area contributed by atoms with E-state index in [1.807, 2.05) is 55.1 Å². The van der Waals surface area contributed by atoms with Gasteiger partial charge in [0.2, 0.25) is 0 Å². The molecule has 5 fully saturated rings. The van der Waals surface area contributed by atoms with Crippen LogP contribution in [0.3, 0.4) is 0 Å². The smallest absolute Gasteiger partial charge is 0.319 e. The lowest BCUT2D eigenvalue weighted by atomic mass is 9.85. The highest BCUT2D eigenvalue weighted by Gasteiger charge is 2.54. The largest absolute Gasteiger partial charge is 0.461 e. The van der Waals surface area contributed by atoms with E-state index >= 15 is 4.39 Å². The van der Waals surface area contributed by atoms with Gasteiger partial charge in [-0.25, -0.2) is 4.39 Å². The summed E-state index contributed by atoms with van der Waals surface area (Å²) in [5.74, 6) is 1.90. The SMILES string of the molecule is C#Cc1cccc2cccc(-c3ncc4c(N5C[C@H]6CC[C@@H](C5)N6C(=O)[C@H]5OC(=O)[C@H]5C(C)C)nc(OCC56CCCN5CCC6)nc4c3F)c12. The van der Waals surface area contributed by atoms with Crippen molar-refractivity contribution < 1.29 is 23.5 Å². The number of benzene rings is 2. The van der Waals surface area contributed by atoms with Gasteiger partial charge in [-0.05, 0) is 69.0 Å². The number of amides is 1. The molecule has 10 nitrogen and oxygen atoms in total. The number of anilines is 1. The summed E-state index contributed by atoms with van der Waals surface area (Å²) in [5, 5.41) is 2.14. The van der Waals surface area contributed by atoms with Gasteiger partial charge in [-0.15, -0.1) is 6.42 Å². The van der Waals surface area contributed by atoms with Crippen molar-refractivity contribution in [3.05, 3.63) is 54.0 Å². The van der Waals surface area contributed by atoms with Crippen LogP contribution in [0.15, 0.2) is 42.6 Å². The molecular weight excluding hydrogens is 647 g/mol. The van der Waals surface area contributed by atoms with E-state index in [2.05, 4.69) is 15.7 Å². The molecule has 9 rings (SSSR count). The van der Waals surface area contributed by atoms with Crippen molar-refractivity contribution >= 4 is 39.4 Å². The van der Waals surface area contributed by atoms with E-state index in [4.69, 9.17) is 30.8 Å². The number of nitrogens with zero attached hydrogens (tertiary/aromatic N) is 6. The molecule has 1 amide bonds. The van der Waals surface area contributed by atoms with Crippen LogP contribution in [0.4, 0.5) is 10.2 Å². The lowest BCUT2D eigenvalue weighted by molar-refractivity contribution is -0.197. The fraction of sp³-hybridized carbons (Fsp3) is 0.475. The normalized spacial score (nSPS) is 25.3. The van der Waals surface area contributed by atoms with Crippen molar-refractivity contribution in [3.63, 3.8) is 0 Å². The summed E-state index contributed by atoms with van der Waals surface area (Å²) in [6.45, 7) is 7.45. The molecule has 51 heavy (non-hydrogen) atoms. The molecule has 7 heterocycles. The first-order valence-electron chi connectivity index (χ1n) is 18.3. The zero-order valence-electron chi connectivity index (χ0n) is 29.0. The molecule has 0 saturated carbocycles. The number of hydrogen-bond donors (Lipinski definition) is 0. The van der Waals surface area contributed by atoms with Crippen LogP contribution in [0.25, 0.3) is 32.9 Å². The fourth-order valence-corrected chi connectivity index (χ4v) is 9.57. The number of piperazine rings is 1. The molecule has 11 heteroatoms. The Morgan fingerprint density at radius 3 is 2.51 bits per heavy atom. The number of pyridine rings is 1. The molecule has 5 saturated heterocycles. The van der Waals surface area contributed by atoms with E-state index < -0.39 is 17.8 Å². The summed E-state index contributed by atoms with van der Waals surface area (Å²) in [7, 11) is 0. The topological polar surface area (TPSA) is 101 Å². The second kappa shape index (κ2) is 12.2. The van der Waals surface area contributed by atoms with Crippen molar-refractivity contribution in [2.45, 2.75) is 76.1 Å². The summed E-state index contributed by atoms with van der Waals surface area (Å²) >= 11 is 0. The second-order valence-electron chi connectivity index (χ2n) is 15.2. The van der Waals surface area contributed by atoms with Crippen LogP contribution in [0.1, 0.15) is 57.9 Å². The Morgan fingerprint density at radius 1 is 1.10 bits per heavy atom. The van der Waals surface area contributed by atoms with Crippen molar-refractivity contribution in [1.29, 1.82) is 0 Å². The quantitative estimate of drug-likeness (QED) is 0.188. The average Bonchev–Trinajstić information content (AvgIpc) is 3.79. The van der Waals surface area contributed by atoms with Crippen molar-refractivity contribution in [3.8, 4) is 29.6 Å². The highest BCUT2D eigenvalue weighted by Crippen LogP contribution is 2.42. The zero-order valence-corrected chi connectivity index (χ0v) is 29.0. The number of esters is 1. The van der Waals surface area contributed by atoms with Gasteiger partial charge < -0.3 is 19.3 Å². The predicted molar refractivity (Wildman–Crippen MR) is 191 cm³/mol. The molecule has 4 aromatic rings. The summed E-state index contributed by atoms with van der Waals surface area (Å²) in [6, 6.07) is 11.3. The van der Waals surface area contributed by atoms with Gasteiger partial charge in [-0.1, -0.05) is 50.1 Å².